The van der Waals surface area contributed by atoms with Gasteiger partial charge in [0.1, 0.15) is 5.75 Å². The molecule has 0 aliphatic carbocycles. The van der Waals surface area contributed by atoms with E-state index in [0.29, 0.717) is 6.54 Å². The molecule has 0 atom stereocenters. The molecule has 0 aliphatic heterocycles. The number of rotatable bonds is 4. The molecular weight excluding hydrogens is 264 g/mol. The van der Waals surface area contributed by atoms with Crippen LogP contribution in [0.5, 0.6) is 5.75 Å². The summed E-state index contributed by atoms with van der Waals surface area (Å²) in [6, 6.07) is 11.0. The lowest BCUT2D eigenvalue weighted by Gasteiger charge is -2.23. The topological polar surface area (TPSA) is 62.1 Å². The Balaban J connectivity index is 1.97. The number of pyridine rings is 1. The van der Waals surface area contributed by atoms with Crippen molar-refractivity contribution in [3.8, 4) is 5.75 Å². The molecule has 0 spiro atoms. The first-order chi connectivity index (χ1) is 10.3. The smallest absolute Gasteiger partial charge is 0.151 e. The molecule has 0 radical (unpaired) electrons. The molecular formula is C16H14N4O. The summed E-state index contributed by atoms with van der Waals surface area (Å²) >= 11 is 0. The summed E-state index contributed by atoms with van der Waals surface area (Å²) in [5.41, 5.74) is 1.95. The van der Waals surface area contributed by atoms with Crippen LogP contribution in [-0.4, -0.2) is 20.1 Å². The van der Waals surface area contributed by atoms with E-state index in [1.54, 1.807) is 43.1 Å². The molecule has 0 saturated heterocycles. The Bertz CT molecular complexity index is 664. The Morgan fingerprint density at radius 2 is 1.81 bits per heavy atom. The average molecular weight is 278 g/mol. The second-order valence-corrected chi connectivity index (χ2v) is 4.53. The lowest BCUT2D eigenvalue weighted by Crippen LogP contribution is -2.17. The third-order valence-corrected chi connectivity index (χ3v) is 3.05. The van der Waals surface area contributed by atoms with Crippen molar-refractivity contribution in [1.82, 2.24) is 15.0 Å². The number of hydrogen-bond donors (Lipinski definition) is 1. The first kappa shape index (κ1) is 13.1. The summed E-state index contributed by atoms with van der Waals surface area (Å²) in [5.74, 6) is 0.994. The van der Waals surface area contributed by atoms with Crippen molar-refractivity contribution in [3.05, 3.63) is 72.9 Å². The van der Waals surface area contributed by atoms with Crippen molar-refractivity contribution < 1.29 is 5.11 Å². The number of phenolic OH excluding ortho intramolecular Hbond substituents is 1. The van der Waals surface area contributed by atoms with E-state index in [9.17, 15) is 5.11 Å². The van der Waals surface area contributed by atoms with Gasteiger partial charge in [-0.3, -0.25) is 9.97 Å². The van der Waals surface area contributed by atoms with E-state index >= 15 is 0 Å². The molecule has 0 bridgehead atoms. The third-order valence-electron chi connectivity index (χ3n) is 3.05. The molecule has 0 aliphatic rings. The minimum absolute atomic E-state index is 0.251. The lowest BCUT2D eigenvalue weighted by atomic mass is 10.2. The minimum atomic E-state index is 0.251. The maximum absolute atomic E-state index is 9.61. The number of anilines is 2. The van der Waals surface area contributed by atoms with Gasteiger partial charge in [0.05, 0.1) is 6.20 Å². The summed E-state index contributed by atoms with van der Waals surface area (Å²) in [4.78, 5) is 14.5. The Morgan fingerprint density at radius 1 is 0.952 bits per heavy atom. The van der Waals surface area contributed by atoms with Gasteiger partial charge in [-0.1, -0.05) is 12.1 Å². The number of aromatic nitrogens is 3. The van der Waals surface area contributed by atoms with E-state index < -0.39 is 0 Å². The molecule has 0 saturated carbocycles. The molecule has 0 unspecified atom stereocenters. The number of aromatic hydroxyl groups is 1. The zero-order chi connectivity index (χ0) is 14.5. The summed E-state index contributed by atoms with van der Waals surface area (Å²) in [6.45, 7) is 0.580. The number of benzene rings is 1. The Labute approximate surface area is 122 Å². The van der Waals surface area contributed by atoms with Gasteiger partial charge in [0.15, 0.2) is 5.82 Å². The highest BCUT2D eigenvalue weighted by Gasteiger charge is 2.11. The maximum atomic E-state index is 9.61. The van der Waals surface area contributed by atoms with Gasteiger partial charge in [0, 0.05) is 37.0 Å². The molecule has 3 rings (SSSR count). The molecule has 104 valence electrons. The highest BCUT2D eigenvalue weighted by Crippen LogP contribution is 2.25. The molecule has 5 heteroatoms. The van der Waals surface area contributed by atoms with Crippen LogP contribution in [0, 0.1) is 0 Å². The summed E-state index contributed by atoms with van der Waals surface area (Å²) in [7, 11) is 0. The minimum Gasteiger partial charge on any atom is -0.508 e. The van der Waals surface area contributed by atoms with Crippen LogP contribution in [0.4, 0.5) is 11.5 Å². The van der Waals surface area contributed by atoms with E-state index in [2.05, 4.69) is 15.0 Å². The van der Waals surface area contributed by atoms with Crippen molar-refractivity contribution in [2.75, 3.05) is 4.90 Å². The van der Waals surface area contributed by atoms with Crippen molar-refractivity contribution in [2.45, 2.75) is 6.54 Å². The second kappa shape index (κ2) is 6.00. The van der Waals surface area contributed by atoms with Crippen molar-refractivity contribution in [1.29, 1.82) is 0 Å². The van der Waals surface area contributed by atoms with E-state index in [1.165, 1.54) is 0 Å². The fourth-order valence-corrected chi connectivity index (χ4v) is 2.10. The average Bonchev–Trinajstić information content (AvgIpc) is 2.54. The van der Waals surface area contributed by atoms with E-state index in [-0.39, 0.29) is 5.75 Å². The van der Waals surface area contributed by atoms with Crippen LogP contribution in [0.2, 0.25) is 0 Å². The van der Waals surface area contributed by atoms with Crippen LogP contribution in [-0.2, 0) is 6.54 Å². The van der Waals surface area contributed by atoms with Gasteiger partial charge < -0.3 is 10.0 Å². The van der Waals surface area contributed by atoms with Crippen LogP contribution in [0.25, 0.3) is 0 Å². The predicted octanol–water partition coefficient (Wildman–Crippen LogP) is 2.92. The molecule has 3 aromatic rings. The molecule has 5 nitrogen and oxygen atoms in total. The van der Waals surface area contributed by atoms with Crippen LogP contribution in [0.1, 0.15) is 5.56 Å². The molecule has 2 aromatic heterocycles. The highest BCUT2D eigenvalue weighted by molar-refractivity contribution is 5.58. The normalized spacial score (nSPS) is 10.3. The van der Waals surface area contributed by atoms with Gasteiger partial charge in [0.25, 0.3) is 0 Å². The van der Waals surface area contributed by atoms with Crippen molar-refractivity contribution in [3.63, 3.8) is 0 Å². The quantitative estimate of drug-likeness (QED) is 0.795. The standard InChI is InChI=1S/C16H14N4O/c21-15-3-1-2-13(10-15)12-20(14-4-6-17-7-5-14)16-11-18-8-9-19-16/h1-11,21H,12H2. The Morgan fingerprint density at radius 3 is 2.52 bits per heavy atom. The fourth-order valence-electron chi connectivity index (χ4n) is 2.10. The van der Waals surface area contributed by atoms with Crippen LogP contribution in [0.3, 0.4) is 0 Å². The Kier molecular flexibility index (Phi) is 3.73. The maximum Gasteiger partial charge on any atom is 0.151 e. The van der Waals surface area contributed by atoms with E-state index in [4.69, 9.17) is 0 Å². The Hall–Kier alpha value is -2.95. The molecule has 0 amide bonds. The van der Waals surface area contributed by atoms with Gasteiger partial charge in [0.2, 0.25) is 0 Å². The monoisotopic (exact) mass is 278 g/mol. The zero-order valence-corrected chi connectivity index (χ0v) is 11.3. The van der Waals surface area contributed by atoms with E-state index in [0.717, 1.165) is 17.1 Å². The van der Waals surface area contributed by atoms with Crippen LogP contribution < -0.4 is 4.90 Å². The van der Waals surface area contributed by atoms with Crippen molar-refractivity contribution in [2.24, 2.45) is 0 Å². The first-order valence-corrected chi connectivity index (χ1v) is 6.54. The van der Waals surface area contributed by atoms with Gasteiger partial charge in [-0.15, -0.1) is 0 Å². The number of phenols is 1. The molecule has 1 N–H and O–H groups in total. The molecule has 2 heterocycles. The van der Waals surface area contributed by atoms with Gasteiger partial charge in [-0.05, 0) is 29.8 Å². The second-order valence-electron chi connectivity index (χ2n) is 4.53. The lowest BCUT2D eigenvalue weighted by molar-refractivity contribution is 0.474. The molecule has 21 heavy (non-hydrogen) atoms. The number of nitrogens with zero attached hydrogens (tertiary/aromatic N) is 4. The summed E-state index contributed by atoms with van der Waals surface area (Å²) in [5, 5.41) is 9.61. The summed E-state index contributed by atoms with van der Waals surface area (Å²) < 4.78 is 0. The predicted molar refractivity (Wildman–Crippen MR) is 80.2 cm³/mol. The molecule has 0 fully saturated rings. The first-order valence-electron chi connectivity index (χ1n) is 6.54. The zero-order valence-electron chi connectivity index (χ0n) is 11.3. The molecule has 1 aromatic carbocycles. The fraction of sp³-hybridized carbons (Fsp3) is 0.0625. The van der Waals surface area contributed by atoms with Crippen LogP contribution >= 0.6 is 0 Å². The summed E-state index contributed by atoms with van der Waals surface area (Å²) in [6.07, 6.45) is 8.49. The van der Waals surface area contributed by atoms with Gasteiger partial charge >= 0.3 is 0 Å². The van der Waals surface area contributed by atoms with E-state index in [1.807, 2.05) is 29.2 Å². The largest absolute Gasteiger partial charge is 0.508 e. The third kappa shape index (κ3) is 3.14. The number of hydrogen-bond acceptors (Lipinski definition) is 5. The SMILES string of the molecule is Oc1cccc(CN(c2ccncc2)c2cnccn2)c1. The van der Waals surface area contributed by atoms with Crippen molar-refractivity contribution >= 4 is 11.5 Å². The van der Waals surface area contributed by atoms with Crippen LogP contribution in [0.15, 0.2) is 67.4 Å². The van der Waals surface area contributed by atoms with Gasteiger partial charge in [-0.2, -0.15) is 0 Å². The van der Waals surface area contributed by atoms with Gasteiger partial charge in [-0.25, -0.2) is 4.98 Å². The highest BCUT2D eigenvalue weighted by atomic mass is 16.3.